The van der Waals surface area contributed by atoms with Crippen LogP contribution in [0, 0.1) is 11.6 Å². The molecule has 25 heavy (non-hydrogen) atoms. The number of halogens is 2. The summed E-state index contributed by atoms with van der Waals surface area (Å²) < 4.78 is 26.7. The van der Waals surface area contributed by atoms with Gasteiger partial charge in [0.25, 0.3) is 0 Å². The van der Waals surface area contributed by atoms with Crippen molar-refractivity contribution in [1.82, 2.24) is 9.88 Å². The molecule has 0 radical (unpaired) electrons. The zero-order valence-electron chi connectivity index (χ0n) is 13.9. The van der Waals surface area contributed by atoms with Crippen LogP contribution in [0.1, 0.15) is 16.7 Å². The van der Waals surface area contributed by atoms with Crippen molar-refractivity contribution in [2.45, 2.75) is 19.5 Å². The maximum absolute atomic E-state index is 13.5. The molecule has 4 heteroatoms. The zero-order chi connectivity index (χ0) is 17.5. The Bertz CT molecular complexity index is 792. The highest BCUT2D eigenvalue weighted by molar-refractivity contribution is 5.19. The molecule has 2 aromatic carbocycles. The fourth-order valence-electron chi connectivity index (χ4n) is 2.79. The normalized spacial score (nSPS) is 11.0. The van der Waals surface area contributed by atoms with Crippen molar-refractivity contribution >= 4 is 0 Å². The summed E-state index contributed by atoms with van der Waals surface area (Å²) in [5, 5.41) is 0. The summed E-state index contributed by atoms with van der Waals surface area (Å²) in [5.41, 5.74) is 3.17. The largest absolute Gasteiger partial charge is 0.295 e. The van der Waals surface area contributed by atoms with Crippen LogP contribution in [0.5, 0.6) is 0 Å². The number of nitrogens with zero attached hydrogens (tertiary/aromatic N) is 2. The van der Waals surface area contributed by atoms with Crippen molar-refractivity contribution < 1.29 is 8.78 Å². The van der Waals surface area contributed by atoms with Crippen molar-refractivity contribution in [3.05, 3.63) is 101 Å². The molecule has 0 unspecified atom stereocenters. The Morgan fingerprint density at radius 2 is 1.44 bits per heavy atom. The van der Waals surface area contributed by atoms with Gasteiger partial charge in [0.2, 0.25) is 0 Å². The van der Waals surface area contributed by atoms with E-state index >= 15 is 0 Å². The average Bonchev–Trinajstić information content (AvgIpc) is 2.64. The van der Waals surface area contributed by atoms with Gasteiger partial charge >= 0.3 is 0 Å². The third kappa shape index (κ3) is 5.19. The maximum Gasteiger partial charge on any atom is 0.159 e. The Labute approximate surface area is 146 Å². The van der Waals surface area contributed by atoms with Crippen LogP contribution < -0.4 is 0 Å². The maximum atomic E-state index is 13.5. The summed E-state index contributed by atoms with van der Waals surface area (Å²) in [6.07, 6.45) is 4.43. The van der Waals surface area contributed by atoms with Gasteiger partial charge in [-0.1, -0.05) is 36.4 Å². The van der Waals surface area contributed by atoms with Crippen LogP contribution in [0.3, 0.4) is 0 Å². The number of hydrogen-bond acceptors (Lipinski definition) is 2. The fourth-order valence-corrected chi connectivity index (χ4v) is 2.79. The molecule has 0 amide bonds. The van der Waals surface area contributed by atoms with Crippen molar-refractivity contribution in [3.63, 3.8) is 0 Å². The molecular formula is C21H20F2N2. The molecule has 0 saturated carbocycles. The standard InChI is InChI=1S/C21H20F2N2/c22-20-7-6-19(14-21(20)23)16-25(15-18-8-11-24-12-9-18)13-10-17-4-2-1-3-5-17/h1-9,11-12,14H,10,13,15-16H2. The predicted molar refractivity (Wildman–Crippen MR) is 94.9 cm³/mol. The van der Waals surface area contributed by atoms with Gasteiger partial charge in [-0.05, 0) is 47.4 Å². The Hall–Kier alpha value is -2.59. The highest BCUT2D eigenvalue weighted by Gasteiger charge is 2.10. The molecule has 1 heterocycles. The van der Waals surface area contributed by atoms with E-state index in [0.717, 1.165) is 30.6 Å². The summed E-state index contributed by atoms with van der Waals surface area (Å²) in [4.78, 5) is 6.27. The van der Waals surface area contributed by atoms with Gasteiger partial charge in [0, 0.05) is 32.0 Å². The molecule has 0 aliphatic carbocycles. The summed E-state index contributed by atoms with van der Waals surface area (Å²) in [6, 6.07) is 18.3. The lowest BCUT2D eigenvalue weighted by Gasteiger charge is -2.23. The van der Waals surface area contributed by atoms with Gasteiger partial charge in [-0.25, -0.2) is 8.78 Å². The van der Waals surface area contributed by atoms with E-state index in [0.29, 0.717) is 6.54 Å². The van der Waals surface area contributed by atoms with Crippen molar-refractivity contribution in [2.75, 3.05) is 6.54 Å². The molecule has 3 rings (SSSR count). The number of rotatable bonds is 7. The Kier molecular flexibility index (Phi) is 5.86. The fraction of sp³-hybridized carbons (Fsp3) is 0.190. The van der Waals surface area contributed by atoms with E-state index in [4.69, 9.17) is 0 Å². The van der Waals surface area contributed by atoms with Crippen LogP contribution >= 0.6 is 0 Å². The minimum absolute atomic E-state index is 0.562. The Balaban J connectivity index is 1.72. The van der Waals surface area contributed by atoms with Gasteiger partial charge in [-0.3, -0.25) is 9.88 Å². The van der Waals surface area contributed by atoms with Gasteiger partial charge in [-0.2, -0.15) is 0 Å². The molecule has 0 saturated heterocycles. The van der Waals surface area contributed by atoms with Gasteiger partial charge < -0.3 is 0 Å². The summed E-state index contributed by atoms with van der Waals surface area (Å²) in [6.45, 7) is 2.12. The van der Waals surface area contributed by atoms with Gasteiger partial charge in [0.15, 0.2) is 11.6 Å². The highest BCUT2D eigenvalue weighted by atomic mass is 19.2. The molecule has 0 N–H and O–H groups in total. The lowest BCUT2D eigenvalue weighted by molar-refractivity contribution is 0.259. The minimum atomic E-state index is -0.811. The lowest BCUT2D eigenvalue weighted by atomic mass is 10.1. The lowest BCUT2D eigenvalue weighted by Crippen LogP contribution is -2.25. The minimum Gasteiger partial charge on any atom is -0.295 e. The Morgan fingerprint density at radius 3 is 2.16 bits per heavy atom. The first-order chi connectivity index (χ1) is 12.2. The van der Waals surface area contributed by atoms with Crippen molar-refractivity contribution in [1.29, 1.82) is 0 Å². The van der Waals surface area contributed by atoms with E-state index < -0.39 is 11.6 Å². The topological polar surface area (TPSA) is 16.1 Å². The second-order valence-corrected chi connectivity index (χ2v) is 6.05. The number of pyridine rings is 1. The van der Waals surface area contributed by atoms with Crippen LogP contribution in [-0.4, -0.2) is 16.4 Å². The molecule has 128 valence electrons. The first kappa shape index (κ1) is 17.2. The van der Waals surface area contributed by atoms with E-state index in [9.17, 15) is 8.78 Å². The van der Waals surface area contributed by atoms with Crippen LogP contribution in [0.4, 0.5) is 8.78 Å². The smallest absolute Gasteiger partial charge is 0.159 e. The molecule has 2 nitrogen and oxygen atoms in total. The number of hydrogen-bond donors (Lipinski definition) is 0. The SMILES string of the molecule is Fc1ccc(CN(CCc2ccccc2)Cc2ccncc2)cc1F. The predicted octanol–water partition coefficient (Wildman–Crippen LogP) is 4.60. The Morgan fingerprint density at radius 1 is 0.720 bits per heavy atom. The quantitative estimate of drug-likeness (QED) is 0.626. The monoisotopic (exact) mass is 338 g/mol. The van der Waals surface area contributed by atoms with Gasteiger partial charge in [0.05, 0.1) is 0 Å². The molecular weight excluding hydrogens is 318 g/mol. The molecule has 0 atom stereocenters. The third-order valence-electron chi connectivity index (χ3n) is 4.11. The van der Waals surface area contributed by atoms with Crippen molar-refractivity contribution in [3.8, 4) is 0 Å². The van der Waals surface area contributed by atoms with Crippen LogP contribution in [0.15, 0.2) is 73.1 Å². The van der Waals surface area contributed by atoms with E-state index in [1.165, 1.54) is 17.7 Å². The van der Waals surface area contributed by atoms with Crippen molar-refractivity contribution in [2.24, 2.45) is 0 Å². The van der Waals surface area contributed by atoms with Crippen LogP contribution in [0.2, 0.25) is 0 Å². The number of aromatic nitrogens is 1. The summed E-state index contributed by atoms with van der Waals surface area (Å²) in [5.74, 6) is -1.61. The van der Waals surface area contributed by atoms with Gasteiger partial charge in [0.1, 0.15) is 0 Å². The van der Waals surface area contributed by atoms with E-state index in [1.54, 1.807) is 18.5 Å². The molecule has 0 fully saturated rings. The highest BCUT2D eigenvalue weighted by Crippen LogP contribution is 2.14. The molecule has 0 aliphatic rings. The van der Waals surface area contributed by atoms with Crippen LogP contribution in [-0.2, 0) is 19.5 Å². The summed E-state index contributed by atoms with van der Waals surface area (Å²) >= 11 is 0. The third-order valence-corrected chi connectivity index (χ3v) is 4.11. The second kappa shape index (κ2) is 8.49. The first-order valence-corrected chi connectivity index (χ1v) is 8.30. The first-order valence-electron chi connectivity index (χ1n) is 8.30. The van der Waals surface area contributed by atoms with Gasteiger partial charge in [-0.15, -0.1) is 0 Å². The summed E-state index contributed by atoms with van der Waals surface area (Å²) in [7, 11) is 0. The number of benzene rings is 2. The second-order valence-electron chi connectivity index (χ2n) is 6.05. The zero-order valence-corrected chi connectivity index (χ0v) is 13.9. The van der Waals surface area contributed by atoms with E-state index in [-0.39, 0.29) is 0 Å². The molecule has 3 aromatic rings. The average molecular weight is 338 g/mol. The molecule has 0 aliphatic heterocycles. The van der Waals surface area contributed by atoms with E-state index in [2.05, 4.69) is 22.0 Å². The molecule has 1 aromatic heterocycles. The molecule has 0 spiro atoms. The van der Waals surface area contributed by atoms with Crippen LogP contribution in [0.25, 0.3) is 0 Å². The molecule has 0 bridgehead atoms. The van der Waals surface area contributed by atoms with E-state index in [1.807, 2.05) is 30.3 Å².